The van der Waals surface area contributed by atoms with Gasteiger partial charge in [-0.3, -0.25) is 0 Å². The van der Waals surface area contributed by atoms with Crippen LogP contribution in [0, 0.1) is 5.82 Å². The van der Waals surface area contributed by atoms with Crippen LogP contribution in [0.1, 0.15) is 25.2 Å². The summed E-state index contributed by atoms with van der Waals surface area (Å²) in [6, 6.07) is 6.79. The Hall–Kier alpha value is -1.35. The highest BCUT2D eigenvalue weighted by Gasteiger charge is 2.09. The van der Waals surface area contributed by atoms with Crippen LogP contribution in [0.4, 0.5) is 4.39 Å². The summed E-state index contributed by atoms with van der Waals surface area (Å²) < 4.78 is 15.2. The van der Waals surface area contributed by atoms with Crippen molar-refractivity contribution in [1.82, 2.24) is 9.78 Å². The standard InChI is InChI=1S/C13H14ClFN2/c1-3-9-7-10(4-2)17(16-9)11-5-6-12(14)13(15)8-11/h5-8H,3-4H2,1-2H3. The SMILES string of the molecule is CCc1cc(CC)n(-c2ccc(Cl)c(F)c2)n1. The van der Waals surface area contributed by atoms with E-state index in [2.05, 4.69) is 18.9 Å². The predicted octanol–water partition coefficient (Wildman–Crippen LogP) is 3.79. The number of hydrogen-bond acceptors (Lipinski definition) is 1. The zero-order valence-electron chi connectivity index (χ0n) is 9.87. The van der Waals surface area contributed by atoms with Crippen LogP contribution in [-0.4, -0.2) is 9.78 Å². The second kappa shape index (κ2) is 4.88. The second-order valence-electron chi connectivity index (χ2n) is 3.84. The summed E-state index contributed by atoms with van der Waals surface area (Å²) in [6.45, 7) is 4.10. The van der Waals surface area contributed by atoms with Crippen molar-refractivity contribution >= 4 is 11.6 Å². The Morgan fingerprint density at radius 2 is 2.00 bits per heavy atom. The molecule has 0 aliphatic rings. The lowest BCUT2D eigenvalue weighted by Gasteiger charge is -2.06. The van der Waals surface area contributed by atoms with Crippen molar-refractivity contribution in [3.05, 3.63) is 46.5 Å². The van der Waals surface area contributed by atoms with Gasteiger partial charge in [0.05, 0.1) is 16.4 Å². The summed E-state index contributed by atoms with van der Waals surface area (Å²) in [5.41, 5.74) is 2.80. The quantitative estimate of drug-likeness (QED) is 0.813. The minimum Gasteiger partial charge on any atom is -0.237 e. The molecule has 1 heterocycles. The van der Waals surface area contributed by atoms with E-state index in [9.17, 15) is 4.39 Å². The van der Waals surface area contributed by atoms with E-state index in [0.29, 0.717) is 5.69 Å². The average Bonchev–Trinajstić information content (AvgIpc) is 2.76. The van der Waals surface area contributed by atoms with Crippen molar-refractivity contribution in [1.29, 1.82) is 0 Å². The average molecular weight is 253 g/mol. The first-order chi connectivity index (χ1) is 8.15. The maximum Gasteiger partial charge on any atom is 0.143 e. The number of nitrogens with zero attached hydrogens (tertiary/aromatic N) is 2. The Labute approximate surface area is 105 Å². The van der Waals surface area contributed by atoms with Crippen LogP contribution in [0.15, 0.2) is 24.3 Å². The molecule has 0 saturated heterocycles. The molecule has 0 atom stereocenters. The lowest BCUT2D eigenvalue weighted by atomic mass is 10.2. The van der Waals surface area contributed by atoms with Gasteiger partial charge in [0.25, 0.3) is 0 Å². The second-order valence-corrected chi connectivity index (χ2v) is 4.25. The largest absolute Gasteiger partial charge is 0.237 e. The number of aromatic nitrogens is 2. The third-order valence-electron chi connectivity index (χ3n) is 2.71. The molecule has 1 aromatic heterocycles. The number of hydrogen-bond donors (Lipinski definition) is 0. The normalized spacial score (nSPS) is 10.8. The first-order valence-corrected chi connectivity index (χ1v) is 6.06. The molecule has 0 saturated carbocycles. The molecular weight excluding hydrogens is 239 g/mol. The first-order valence-electron chi connectivity index (χ1n) is 5.69. The smallest absolute Gasteiger partial charge is 0.143 e. The lowest BCUT2D eigenvalue weighted by Crippen LogP contribution is -2.02. The molecule has 0 fully saturated rings. The van der Waals surface area contributed by atoms with Gasteiger partial charge in [-0.05, 0) is 31.0 Å². The Bertz CT molecular complexity index is 534. The van der Waals surface area contributed by atoms with Crippen molar-refractivity contribution in [2.45, 2.75) is 26.7 Å². The Kier molecular flexibility index (Phi) is 3.48. The zero-order valence-corrected chi connectivity index (χ0v) is 10.6. The van der Waals surface area contributed by atoms with E-state index in [1.54, 1.807) is 16.8 Å². The molecule has 0 radical (unpaired) electrons. The number of halogens is 2. The van der Waals surface area contributed by atoms with Crippen molar-refractivity contribution in [3.63, 3.8) is 0 Å². The fraction of sp³-hybridized carbons (Fsp3) is 0.308. The van der Waals surface area contributed by atoms with E-state index >= 15 is 0 Å². The predicted molar refractivity (Wildman–Crippen MR) is 67.3 cm³/mol. The van der Waals surface area contributed by atoms with Crippen LogP contribution in [0.2, 0.25) is 5.02 Å². The maximum absolute atomic E-state index is 13.4. The molecule has 0 unspecified atom stereocenters. The molecule has 17 heavy (non-hydrogen) atoms. The Balaban J connectivity index is 2.51. The van der Waals surface area contributed by atoms with Crippen LogP contribution < -0.4 is 0 Å². The van der Waals surface area contributed by atoms with E-state index in [1.807, 2.05) is 6.07 Å². The van der Waals surface area contributed by atoms with Gasteiger partial charge in [0.1, 0.15) is 5.82 Å². The third kappa shape index (κ3) is 2.34. The molecule has 0 amide bonds. The maximum atomic E-state index is 13.4. The molecule has 90 valence electrons. The first kappa shape index (κ1) is 12.1. The molecule has 1 aromatic carbocycles. The van der Waals surface area contributed by atoms with Gasteiger partial charge in [-0.2, -0.15) is 5.10 Å². The molecule has 0 bridgehead atoms. The van der Waals surface area contributed by atoms with E-state index in [1.165, 1.54) is 6.07 Å². The Morgan fingerprint density at radius 3 is 2.59 bits per heavy atom. The molecule has 0 aliphatic carbocycles. The van der Waals surface area contributed by atoms with Gasteiger partial charge in [0, 0.05) is 11.8 Å². The summed E-state index contributed by atoms with van der Waals surface area (Å²) in [7, 11) is 0. The van der Waals surface area contributed by atoms with Crippen molar-refractivity contribution in [2.75, 3.05) is 0 Å². The highest BCUT2D eigenvalue weighted by atomic mass is 35.5. The molecule has 2 aromatic rings. The molecule has 0 aliphatic heterocycles. The van der Waals surface area contributed by atoms with Gasteiger partial charge in [-0.25, -0.2) is 9.07 Å². The van der Waals surface area contributed by atoms with E-state index in [4.69, 9.17) is 11.6 Å². The topological polar surface area (TPSA) is 17.8 Å². The number of benzene rings is 1. The molecule has 0 spiro atoms. The highest BCUT2D eigenvalue weighted by molar-refractivity contribution is 6.30. The fourth-order valence-corrected chi connectivity index (χ4v) is 1.86. The number of aryl methyl sites for hydroxylation is 2. The van der Waals surface area contributed by atoms with E-state index < -0.39 is 5.82 Å². The van der Waals surface area contributed by atoms with Gasteiger partial charge in [-0.1, -0.05) is 25.4 Å². The molecule has 2 rings (SSSR count). The lowest BCUT2D eigenvalue weighted by molar-refractivity contribution is 0.625. The summed E-state index contributed by atoms with van der Waals surface area (Å²) in [6.07, 6.45) is 1.73. The van der Waals surface area contributed by atoms with Crippen LogP contribution in [0.25, 0.3) is 5.69 Å². The van der Waals surface area contributed by atoms with E-state index in [-0.39, 0.29) is 5.02 Å². The monoisotopic (exact) mass is 252 g/mol. The Morgan fingerprint density at radius 1 is 1.24 bits per heavy atom. The van der Waals surface area contributed by atoms with Gasteiger partial charge in [-0.15, -0.1) is 0 Å². The minimum absolute atomic E-state index is 0.134. The fourth-order valence-electron chi connectivity index (χ4n) is 1.74. The van der Waals surface area contributed by atoms with Crippen molar-refractivity contribution in [3.8, 4) is 5.69 Å². The van der Waals surface area contributed by atoms with Gasteiger partial charge in [0.2, 0.25) is 0 Å². The van der Waals surface area contributed by atoms with Gasteiger partial charge >= 0.3 is 0 Å². The minimum atomic E-state index is -0.417. The van der Waals surface area contributed by atoms with Crippen LogP contribution >= 0.6 is 11.6 Å². The van der Waals surface area contributed by atoms with Crippen LogP contribution in [0.5, 0.6) is 0 Å². The van der Waals surface area contributed by atoms with Gasteiger partial charge < -0.3 is 0 Å². The van der Waals surface area contributed by atoms with Crippen LogP contribution in [-0.2, 0) is 12.8 Å². The molecular formula is C13H14ClFN2. The third-order valence-corrected chi connectivity index (χ3v) is 3.01. The summed E-state index contributed by atoms with van der Waals surface area (Å²) in [5, 5.41) is 4.58. The van der Waals surface area contributed by atoms with Crippen LogP contribution in [0.3, 0.4) is 0 Å². The zero-order chi connectivity index (χ0) is 12.4. The summed E-state index contributed by atoms with van der Waals surface area (Å²) >= 11 is 5.67. The van der Waals surface area contributed by atoms with Crippen molar-refractivity contribution < 1.29 is 4.39 Å². The molecule has 0 N–H and O–H groups in total. The number of rotatable bonds is 3. The molecule has 4 heteroatoms. The molecule has 2 nitrogen and oxygen atoms in total. The summed E-state index contributed by atoms with van der Waals surface area (Å²) in [4.78, 5) is 0. The van der Waals surface area contributed by atoms with Gasteiger partial charge in [0.15, 0.2) is 0 Å². The van der Waals surface area contributed by atoms with Crippen molar-refractivity contribution in [2.24, 2.45) is 0 Å². The summed E-state index contributed by atoms with van der Waals surface area (Å²) in [5.74, 6) is -0.417. The van der Waals surface area contributed by atoms with E-state index in [0.717, 1.165) is 24.2 Å². The highest BCUT2D eigenvalue weighted by Crippen LogP contribution is 2.20.